The normalized spacial score (nSPS) is 16.1. The lowest BCUT2D eigenvalue weighted by atomic mass is 9.96. The largest absolute Gasteiger partial charge is 0.548 e. The standard InChI is InChI=1S/C23H29N3O3/c1-17(2)20(22(27)28)24-23(29)26-15-13-25(14-16-26)21(18-9-5-3-6-10-18)19-11-7-4-8-12-19/h3-12,17,20-21H,13-16H2,1-2H3,(H,24,29)(H,27,28)/t20-/m0/s1. The van der Waals surface area contributed by atoms with Gasteiger partial charge in [-0.3, -0.25) is 0 Å². The van der Waals surface area contributed by atoms with E-state index in [1.165, 1.54) is 16.0 Å². The predicted octanol–water partition coefficient (Wildman–Crippen LogP) is 0.461. The van der Waals surface area contributed by atoms with Crippen molar-refractivity contribution in [3.8, 4) is 0 Å². The highest BCUT2D eigenvalue weighted by molar-refractivity contribution is 5.81. The van der Waals surface area contributed by atoms with Gasteiger partial charge in [-0.05, 0) is 5.92 Å². The number of rotatable bonds is 6. The molecule has 0 unspecified atom stereocenters. The van der Waals surface area contributed by atoms with Gasteiger partial charge in [-0.15, -0.1) is 0 Å². The molecule has 3 rings (SSSR count). The van der Waals surface area contributed by atoms with Crippen molar-refractivity contribution in [2.24, 2.45) is 5.92 Å². The summed E-state index contributed by atoms with van der Waals surface area (Å²) in [4.78, 5) is 26.9. The lowest BCUT2D eigenvalue weighted by Gasteiger charge is -2.37. The molecular formula is C23H29N3O3. The minimum Gasteiger partial charge on any atom is -0.548 e. The number of carboxylic acids is 1. The quantitative estimate of drug-likeness (QED) is 0.746. The molecule has 29 heavy (non-hydrogen) atoms. The molecule has 2 N–H and O–H groups in total. The van der Waals surface area contributed by atoms with Crippen LogP contribution in [0.1, 0.15) is 31.0 Å². The van der Waals surface area contributed by atoms with Crippen LogP contribution in [0.25, 0.3) is 0 Å². The molecule has 1 aliphatic heterocycles. The highest BCUT2D eigenvalue weighted by Crippen LogP contribution is 2.19. The first-order chi connectivity index (χ1) is 14.0. The minimum atomic E-state index is -1.24. The number of nitrogens with zero attached hydrogens (tertiary/aromatic N) is 1. The maximum Gasteiger partial charge on any atom is 0.318 e. The third-order valence-electron chi connectivity index (χ3n) is 5.57. The Morgan fingerprint density at radius 1 is 0.931 bits per heavy atom. The first kappa shape index (κ1) is 20.9. The van der Waals surface area contributed by atoms with E-state index >= 15 is 0 Å². The molecule has 1 fully saturated rings. The summed E-state index contributed by atoms with van der Waals surface area (Å²) in [6.07, 6.45) is 0. The number of benzene rings is 2. The molecule has 0 aromatic heterocycles. The van der Waals surface area contributed by atoms with Crippen LogP contribution < -0.4 is 15.3 Å². The summed E-state index contributed by atoms with van der Waals surface area (Å²) in [6.45, 7) is 6.25. The topological polar surface area (TPSA) is 76.9 Å². The van der Waals surface area contributed by atoms with Crippen molar-refractivity contribution in [1.82, 2.24) is 10.2 Å². The summed E-state index contributed by atoms with van der Waals surface area (Å²) in [6, 6.07) is 19.8. The fraction of sp³-hybridized carbons (Fsp3) is 0.391. The molecule has 2 amide bonds. The first-order valence-electron chi connectivity index (χ1n) is 10.2. The van der Waals surface area contributed by atoms with Crippen molar-refractivity contribution in [3.05, 3.63) is 71.8 Å². The molecule has 0 spiro atoms. The fourth-order valence-electron chi connectivity index (χ4n) is 3.96. The number of nitrogens with one attached hydrogen (secondary N) is 2. The summed E-state index contributed by atoms with van der Waals surface area (Å²) in [5.74, 6) is -1.47. The summed E-state index contributed by atoms with van der Waals surface area (Å²) in [5.41, 5.74) is 2.51. The van der Waals surface area contributed by atoms with E-state index in [-0.39, 0.29) is 18.0 Å². The average molecular weight is 396 g/mol. The van der Waals surface area contributed by atoms with Crippen LogP contribution in [0.5, 0.6) is 0 Å². The molecule has 2 aromatic carbocycles. The van der Waals surface area contributed by atoms with Crippen molar-refractivity contribution in [1.29, 1.82) is 0 Å². The number of carbonyl (C=O) groups excluding carboxylic acids is 2. The van der Waals surface area contributed by atoms with Crippen molar-refractivity contribution in [2.75, 3.05) is 26.2 Å². The smallest absolute Gasteiger partial charge is 0.318 e. The van der Waals surface area contributed by atoms with Crippen molar-refractivity contribution in [3.63, 3.8) is 0 Å². The molecule has 154 valence electrons. The van der Waals surface area contributed by atoms with Crippen LogP contribution in [0, 0.1) is 5.92 Å². The lowest BCUT2D eigenvalue weighted by molar-refractivity contribution is -0.929. The zero-order chi connectivity index (χ0) is 20.8. The molecule has 1 atom stereocenters. The number of hydrogen-bond donors (Lipinski definition) is 2. The van der Waals surface area contributed by atoms with E-state index in [2.05, 4.69) is 53.8 Å². The Kier molecular flexibility index (Phi) is 6.88. The van der Waals surface area contributed by atoms with E-state index in [4.69, 9.17) is 0 Å². The number of urea groups is 1. The highest BCUT2D eigenvalue weighted by Gasteiger charge is 2.32. The second-order valence-corrected chi connectivity index (χ2v) is 7.89. The molecule has 0 aliphatic carbocycles. The third kappa shape index (κ3) is 5.15. The number of hydrogen-bond acceptors (Lipinski definition) is 3. The number of carbonyl (C=O) groups is 2. The molecule has 6 heteroatoms. The van der Waals surface area contributed by atoms with Crippen molar-refractivity contribution >= 4 is 12.0 Å². The van der Waals surface area contributed by atoms with Gasteiger partial charge in [0.15, 0.2) is 0 Å². The Morgan fingerprint density at radius 2 is 1.41 bits per heavy atom. The monoisotopic (exact) mass is 395 g/mol. The van der Waals surface area contributed by atoms with Gasteiger partial charge in [0.05, 0.1) is 38.2 Å². The third-order valence-corrected chi connectivity index (χ3v) is 5.57. The Hall–Kier alpha value is -2.86. The van der Waals surface area contributed by atoms with Crippen LogP contribution in [0.2, 0.25) is 0 Å². The Morgan fingerprint density at radius 3 is 1.83 bits per heavy atom. The van der Waals surface area contributed by atoms with E-state index < -0.39 is 12.0 Å². The molecule has 0 saturated carbocycles. The number of aliphatic carboxylic acids is 1. The van der Waals surface area contributed by atoms with Gasteiger partial charge >= 0.3 is 6.03 Å². The van der Waals surface area contributed by atoms with Crippen LogP contribution in [0.3, 0.4) is 0 Å². The molecule has 0 bridgehead atoms. The maximum absolute atomic E-state index is 12.5. The van der Waals surface area contributed by atoms with Crippen molar-refractivity contribution in [2.45, 2.75) is 25.9 Å². The van der Waals surface area contributed by atoms with E-state index in [1.807, 2.05) is 12.1 Å². The predicted molar refractivity (Wildman–Crippen MR) is 109 cm³/mol. The van der Waals surface area contributed by atoms with Crippen LogP contribution in [0.15, 0.2) is 60.7 Å². The summed E-state index contributed by atoms with van der Waals surface area (Å²) >= 11 is 0. The van der Waals surface area contributed by atoms with Crippen LogP contribution in [0.4, 0.5) is 4.79 Å². The number of carboxylic acid groups (broad SMARTS) is 1. The second-order valence-electron chi connectivity index (χ2n) is 7.89. The minimum absolute atomic E-state index is 0.203. The molecule has 2 aromatic rings. The van der Waals surface area contributed by atoms with Crippen LogP contribution >= 0.6 is 0 Å². The molecular weight excluding hydrogens is 366 g/mol. The number of amides is 2. The molecule has 1 aliphatic rings. The number of quaternary nitrogens is 1. The summed E-state index contributed by atoms with van der Waals surface area (Å²) in [7, 11) is 0. The van der Waals surface area contributed by atoms with Gasteiger partial charge in [-0.1, -0.05) is 74.5 Å². The van der Waals surface area contributed by atoms with Gasteiger partial charge in [-0.25, -0.2) is 4.79 Å². The van der Waals surface area contributed by atoms with Gasteiger partial charge in [0.1, 0.15) is 6.04 Å². The lowest BCUT2D eigenvalue weighted by Crippen LogP contribution is -3.15. The Labute approximate surface area is 172 Å². The number of piperazine rings is 1. The highest BCUT2D eigenvalue weighted by atomic mass is 16.4. The zero-order valence-corrected chi connectivity index (χ0v) is 17.0. The van der Waals surface area contributed by atoms with E-state index in [0.29, 0.717) is 13.1 Å². The summed E-state index contributed by atoms with van der Waals surface area (Å²) < 4.78 is 0. The molecule has 6 nitrogen and oxygen atoms in total. The molecule has 1 heterocycles. The fourth-order valence-corrected chi connectivity index (χ4v) is 3.96. The maximum atomic E-state index is 12.5. The summed E-state index contributed by atoms with van der Waals surface area (Å²) in [5, 5.41) is 13.9. The van der Waals surface area contributed by atoms with Gasteiger partial charge in [0, 0.05) is 11.1 Å². The first-order valence-corrected chi connectivity index (χ1v) is 10.2. The van der Waals surface area contributed by atoms with Gasteiger partial charge in [0.25, 0.3) is 0 Å². The van der Waals surface area contributed by atoms with Gasteiger partial charge in [-0.2, -0.15) is 0 Å². The Balaban J connectivity index is 1.69. The van der Waals surface area contributed by atoms with Crippen LogP contribution in [-0.4, -0.2) is 49.1 Å². The zero-order valence-electron chi connectivity index (χ0n) is 17.0. The second kappa shape index (κ2) is 9.56. The Bertz CT molecular complexity index is 763. The van der Waals surface area contributed by atoms with Crippen molar-refractivity contribution < 1.29 is 19.6 Å². The van der Waals surface area contributed by atoms with Crippen LogP contribution in [-0.2, 0) is 4.79 Å². The molecule has 0 radical (unpaired) electrons. The van der Waals surface area contributed by atoms with Gasteiger partial charge in [0.2, 0.25) is 0 Å². The SMILES string of the molecule is CC(C)[C@H](NC(=O)N1CC[NH+](C(c2ccccc2)c2ccccc2)CC1)C(=O)[O-]. The van der Waals surface area contributed by atoms with E-state index in [9.17, 15) is 14.7 Å². The van der Waals surface area contributed by atoms with E-state index in [1.54, 1.807) is 18.7 Å². The van der Waals surface area contributed by atoms with E-state index in [0.717, 1.165) is 13.1 Å². The average Bonchev–Trinajstić information content (AvgIpc) is 2.73. The van der Waals surface area contributed by atoms with Gasteiger partial charge < -0.3 is 25.0 Å². The molecule has 1 saturated heterocycles.